The average molecular weight is 307 g/mol. The van der Waals surface area contributed by atoms with E-state index in [1.54, 1.807) is 6.20 Å². The van der Waals surface area contributed by atoms with E-state index in [4.69, 9.17) is 10.5 Å². The van der Waals surface area contributed by atoms with Crippen LogP contribution in [0.4, 0.5) is 0 Å². The van der Waals surface area contributed by atoms with Crippen molar-refractivity contribution in [3.63, 3.8) is 0 Å². The molecule has 0 amide bonds. The van der Waals surface area contributed by atoms with Gasteiger partial charge in [0, 0.05) is 23.3 Å². The second-order valence-electron chi connectivity index (χ2n) is 4.16. The van der Waals surface area contributed by atoms with Crippen molar-refractivity contribution >= 4 is 15.9 Å². The molecule has 4 heteroatoms. The van der Waals surface area contributed by atoms with E-state index in [0.717, 1.165) is 32.8 Å². The number of pyridine rings is 1. The third kappa shape index (κ3) is 2.89. The summed E-state index contributed by atoms with van der Waals surface area (Å²) < 4.78 is 6.94. The smallest absolute Gasteiger partial charge is 0.130 e. The topological polar surface area (TPSA) is 48.1 Å². The van der Waals surface area contributed by atoms with Gasteiger partial charge in [0.15, 0.2) is 0 Å². The highest BCUT2D eigenvalue weighted by Gasteiger charge is 2.05. The molecule has 0 unspecified atom stereocenters. The maximum Gasteiger partial charge on any atom is 0.130 e. The number of nitrogens with two attached hydrogens (primary N) is 1. The van der Waals surface area contributed by atoms with Crippen LogP contribution in [0, 0.1) is 13.8 Å². The number of aromatic nitrogens is 1. The van der Waals surface area contributed by atoms with Crippen LogP contribution >= 0.6 is 15.9 Å². The Hall–Kier alpha value is -1.39. The lowest BCUT2D eigenvalue weighted by Gasteiger charge is -2.10. The SMILES string of the molecule is Cc1cc(Oc2ccnc(CN)c2)cc(C)c1Br. The summed E-state index contributed by atoms with van der Waals surface area (Å²) in [7, 11) is 0. The maximum absolute atomic E-state index is 5.82. The molecular weight excluding hydrogens is 292 g/mol. The number of rotatable bonds is 3. The molecular formula is C14H15BrN2O. The first-order valence-corrected chi connectivity index (χ1v) is 6.49. The standard InChI is InChI=1S/C14H15BrN2O/c1-9-5-13(6-10(2)14(9)15)18-12-3-4-17-11(7-12)8-16/h3-7H,8,16H2,1-2H3. The predicted molar refractivity (Wildman–Crippen MR) is 75.8 cm³/mol. The summed E-state index contributed by atoms with van der Waals surface area (Å²) in [6.07, 6.45) is 1.70. The van der Waals surface area contributed by atoms with Crippen LogP contribution in [0.2, 0.25) is 0 Å². The maximum atomic E-state index is 5.82. The molecule has 2 N–H and O–H groups in total. The molecule has 94 valence electrons. The van der Waals surface area contributed by atoms with Crippen molar-refractivity contribution in [1.29, 1.82) is 0 Å². The quantitative estimate of drug-likeness (QED) is 0.940. The van der Waals surface area contributed by atoms with Crippen molar-refractivity contribution in [2.45, 2.75) is 20.4 Å². The fraction of sp³-hybridized carbons (Fsp3) is 0.214. The number of halogens is 1. The van der Waals surface area contributed by atoms with Crippen molar-refractivity contribution in [3.05, 3.63) is 51.8 Å². The molecule has 1 aromatic heterocycles. The van der Waals surface area contributed by atoms with Gasteiger partial charge in [-0.2, -0.15) is 0 Å². The van der Waals surface area contributed by atoms with Crippen molar-refractivity contribution < 1.29 is 4.74 Å². The lowest BCUT2D eigenvalue weighted by molar-refractivity contribution is 0.480. The van der Waals surface area contributed by atoms with E-state index in [2.05, 4.69) is 20.9 Å². The summed E-state index contributed by atoms with van der Waals surface area (Å²) in [6, 6.07) is 7.68. The summed E-state index contributed by atoms with van der Waals surface area (Å²) in [6.45, 7) is 4.50. The summed E-state index contributed by atoms with van der Waals surface area (Å²) in [4.78, 5) is 4.14. The highest BCUT2D eigenvalue weighted by molar-refractivity contribution is 9.10. The first-order chi connectivity index (χ1) is 8.60. The zero-order chi connectivity index (χ0) is 13.1. The zero-order valence-electron chi connectivity index (χ0n) is 10.4. The molecule has 0 aliphatic heterocycles. The lowest BCUT2D eigenvalue weighted by atomic mass is 10.1. The predicted octanol–water partition coefficient (Wildman–Crippen LogP) is 3.71. The van der Waals surface area contributed by atoms with Gasteiger partial charge in [0.1, 0.15) is 11.5 Å². The Balaban J connectivity index is 2.28. The van der Waals surface area contributed by atoms with E-state index in [9.17, 15) is 0 Å². The van der Waals surface area contributed by atoms with Crippen molar-refractivity contribution in [3.8, 4) is 11.5 Å². The third-order valence-electron chi connectivity index (χ3n) is 2.64. The molecule has 0 fully saturated rings. The number of ether oxygens (including phenoxy) is 1. The Morgan fingerprint density at radius 3 is 2.44 bits per heavy atom. The number of benzene rings is 1. The van der Waals surface area contributed by atoms with E-state index in [1.165, 1.54) is 0 Å². The summed E-state index contributed by atoms with van der Waals surface area (Å²) in [5.74, 6) is 1.58. The molecule has 3 nitrogen and oxygen atoms in total. The van der Waals surface area contributed by atoms with Crippen LogP contribution in [0.3, 0.4) is 0 Å². The normalized spacial score (nSPS) is 10.4. The van der Waals surface area contributed by atoms with Gasteiger partial charge in [-0.05, 0) is 43.2 Å². The fourth-order valence-electron chi connectivity index (χ4n) is 1.73. The number of nitrogens with zero attached hydrogens (tertiary/aromatic N) is 1. The average Bonchev–Trinajstić information content (AvgIpc) is 2.36. The molecule has 0 saturated carbocycles. The van der Waals surface area contributed by atoms with E-state index in [0.29, 0.717) is 6.54 Å². The van der Waals surface area contributed by atoms with Crippen LogP contribution in [0.5, 0.6) is 11.5 Å². The molecule has 2 aromatic rings. The molecule has 0 spiro atoms. The highest BCUT2D eigenvalue weighted by Crippen LogP contribution is 2.29. The van der Waals surface area contributed by atoms with Gasteiger partial charge in [-0.15, -0.1) is 0 Å². The van der Waals surface area contributed by atoms with Crippen LogP contribution < -0.4 is 10.5 Å². The summed E-state index contributed by atoms with van der Waals surface area (Å²) >= 11 is 3.54. The van der Waals surface area contributed by atoms with Gasteiger partial charge in [-0.1, -0.05) is 15.9 Å². The molecule has 0 aliphatic rings. The Morgan fingerprint density at radius 2 is 1.83 bits per heavy atom. The van der Waals surface area contributed by atoms with Crippen LogP contribution in [0.1, 0.15) is 16.8 Å². The molecule has 2 rings (SSSR count). The summed E-state index contributed by atoms with van der Waals surface area (Å²) in [5.41, 5.74) is 8.68. The minimum atomic E-state index is 0.412. The van der Waals surface area contributed by atoms with E-state index >= 15 is 0 Å². The van der Waals surface area contributed by atoms with Gasteiger partial charge < -0.3 is 10.5 Å². The summed E-state index contributed by atoms with van der Waals surface area (Å²) in [5, 5.41) is 0. The van der Waals surface area contributed by atoms with Gasteiger partial charge in [-0.25, -0.2) is 0 Å². The molecule has 18 heavy (non-hydrogen) atoms. The Bertz CT molecular complexity index is 546. The first-order valence-electron chi connectivity index (χ1n) is 5.69. The van der Waals surface area contributed by atoms with Crippen molar-refractivity contribution in [1.82, 2.24) is 4.98 Å². The molecule has 0 saturated heterocycles. The lowest BCUT2D eigenvalue weighted by Crippen LogP contribution is -1.99. The Labute approximate surface area is 115 Å². The largest absolute Gasteiger partial charge is 0.457 e. The van der Waals surface area contributed by atoms with Gasteiger partial charge in [0.05, 0.1) is 5.69 Å². The van der Waals surface area contributed by atoms with E-state index < -0.39 is 0 Å². The van der Waals surface area contributed by atoms with Crippen molar-refractivity contribution in [2.75, 3.05) is 0 Å². The molecule has 0 bridgehead atoms. The monoisotopic (exact) mass is 306 g/mol. The first kappa shape index (κ1) is 13.1. The number of hydrogen-bond acceptors (Lipinski definition) is 3. The zero-order valence-corrected chi connectivity index (χ0v) is 12.0. The number of hydrogen-bond donors (Lipinski definition) is 1. The molecule has 0 aliphatic carbocycles. The van der Waals surface area contributed by atoms with Gasteiger partial charge in [0.25, 0.3) is 0 Å². The third-order valence-corrected chi connectivity index (χ3v) is 3.89. The molecule has 0 atom stereocenters. The van der Waals surface area contributed by atoms with Gasteiger partial charge in [-0.3, -0.25) is 4.98 Å². The minimum absolute atomic E-state index is 0.412. The number of aryl methyl sites for hydroxylation is 2. The molecule has 0 radical (unpaired) electrons. The van der Waals surface area contributed by atoms with Crippen molar-refractivity contribution in [2.24, 2.45) is 5.73 Å². The Kier molecular flexibility index (Phi) is 3.99. The van der Waals surface area contributed by atoms with E-state index in [-0.39, 0.29) is 0 Å². The van der Waals surface area contributed by atoms with Crippen LogP contribution in [-0.4, -0.2) is 4.98 Å². The van der Waals surface area contributed by atoms with Crippen LogP contribution in [0.25, 0.3) is 0 Å². The molecule has 1 heterocycles. The minimum Gasteiger partial charge on any atom is -0.457 e. The van der Waals surface area contributed by atoms with Crippen LogP contribution in [-0.2, 0) is 6.54 Å². The second kappa shape index (κ2) is 5.50. The van der Waals surface area contributed by atoms with Gasteiger partial charge >= 0.3 is 0 Å². The second-order valence-corrected chi connectivity index (χ2v) is 4.95. The molecule has 1 aromatic carbocycles. The van der Waals surface area contributed by atoms with Crippen LogP contribution in [0.15, 0.2) is 34.9 Å². The van der Waals surface area contributed by atoms with E-state index in [1.807, 2.05) is 38.1 Å². The fourth-order valence-corrected chi connectivity index (χ4v) is 1.96. The highest BCUT2D eigenvalue weighted by atomic mass is 79.9. The van der Waals surface area contributed by atoms with Gasteiger partial charge in [0.2, 0.25) is 0 Å². The Morgan fingerprint density at radius 1 is 1.17 bits per heavy atom.